The second-order valence-corrected chi connectivity index (χ2v) is 8.91. The molecule has 0 aliphatic carbocycles. The van der Waals surface area contributed by atoms with Gasteiger partial charge in [0.1, 0.15) is 6.29 Å². The molecule has 0 radical (unpaired) electrons. The van der Waals surface area contributed by atoms with Gasteiger partial charge in [0.25, 0.3) is 0 Å². The van der Waals surface area contributed by atoms with E-state index in [1.807, 2.05) is 18.8 Å². The summed E-state index contributed by atoms with van der Waals surface area (Å²) in [5, 5.41) is 0. The predicted molar refractivity (Wildman–Crippen MR) is 43.2 cm³/mol. The average Bonchev–Trinajstić information content (AvgIpc) is 1.62. The van der Waals surface area contributed by atoms with Crippen molar-refractivity contribution >= 4 is 24.7 Å². The minimum absolute atomic E-state index is 0.738. The summed E-state index contributed by atoms with van der Waals surface area (Å²) < 4.78 is 0. The minimum atomic E-state index is -1.66. The number of hydrogen-bond acceptors (Lipinski definition) is 1. The van der Waals surface area contributed by atoms with Crippen molar-refractivity contribution in [3.8, 4) is 0 Å². The van der Waals surface area contributed by atoms with Crippen molar-refractivity contribution in [3.05, 3.63) is 11.3 Å². The lowest BCUT2D eigenvalue weighted by molar-refractivity contribution is -0.104. The van der Waals surface area contributed by atoms with Gasteiger partial charge in [0.15, 0.2) is 7.38 Å². The van der Waals surface area contributed by atoms with E-state index in [0.29, 0.717) is 0 Å². The molecule has 0 N–H and O–H groups in total. The molecule has 0 heterocycles. The van der Waals surface area contributed by atoms with E-state index in [9.17, 15) is 4.79 Å². The quantitative estimate of drug-likeness (QED) is 0.263. The molecule has 1 nitrogen and oxygen atoms in total. The molecule has 0 bridgehead atoms. The number of carbonyl (C=O) groups excluding carboxylic acids is 1. The standard InChI is InChI=1S/C6H11ClOSi/c1-6(4-8)5-9(2,3)7/h4-5H,1-3H3. The van der Waals surface area contributed by atoms with E-state index in [1.54, 1.807) is 6.92 Å². The number of halogens is 1. The molecule has 0 amide bonds. The van der Waals surface area contributed by atoms with E-state index >= 15 is 0 Å². The summed E-state index contributed by atoms with van der Waals surface area (Å²) in [6.45, 7) is 5.72. The van der Waals surface area contributed by atoms with Gasteiger partial charge in [0.2, 0.25) is 0 Å². The Morgan fingerprint density at radius 3 is 2.11 bits per heavy atom. The third kappa shape index (κ3) is 5.79. The normalized spacial score (nSPS) is 13.6. The third-order valence-electron chi connectivity index (χ3n) is 0.757. The number of aldehydes is 1. The second kappa shape index (κ2) is 3.18. The van der Waals surface area contributed by atoms with Crippen LogP contribution in [0, 0.1) is 0 Å². The molecule has 52 valence electrons. The molecule has 9 heavy (non-hydrogen) atoms. The molecule has 0 aromatic carbocycles. The zero-order valence-corrected chi connectivity index (χ0v) is 7.70. The first kappa shape index (κ1) is 8.92. The predicted octanol–water partition coefficient (Wildman–Crippen LogP) is 2.11. The lowest BCUT2D eigenvalue weighted by atomic mass is 10.4. The Morgan fingerprint density at radius 2 is 2.00 bits per heavy atom. The first-order chi connectivity index (χ1) is 3.95. The molecule has 0 rings (SSSR count). The van der Waals surface area contributed by atoms with Gasteiger partial charge in [-0.1, -0.05) is 18.8 Å². The molecule has 0 saturated heterocycles. The van der Waals surface area contributed by atoms with Gasteiger partial charge in [-0.05, 0) is 12.5 Å². The lowest BCUT2D eigenvalue weighted by Gasteiger charge is -2.04. The van der Waals surface area contributed by atoms with Gasteiger partial charge in [0, 0.05) is 0 Å². The highest BCUT2D eigenvalue weighted by atomic mass is 35.6. The Labute approximate surface area is 61.4 Å². The van der Waals surface area contributed by atoms with Crippen LogP contribution in [0.1, 0.15) is 6.92 Å². The Bertz CT molecular complexity index is 134. The fourth-order valence-electron chi connectivity index (χ4n) is 0.575. The summed E-state index contributed by atoms with van der Waals surface area (Å²) in [6.07, 6.45) is 0.830. The van der Waals surface area contributed by atoms with E-state index in [0.717, 1.165) is 11.9 Å². The topological polar surface area (TPSA) is 17.1 Å². The monoisotopic (exact) mass is 162 g/mol. The summed E-state index contributed by atoms with van der Waals surface area (Å²) in [6, 6.07) is 0. The van der Waals surface area contributed by atoms with Crippen LogP contribution in [-0.4, -0.2) is 13.7 Å². The molecule has 3 heteroatoms. The molecule has 0 aliphatic heterocycles. The highest BCUT2D eigenvalue weighted by Gasteiger charge is 2.12. The van der Waals surface area contributed by atoms with Crippen LogP contribution in [0.25, 0.3) is 0 Å². The van der Waals surface area contributed by atoms with Crippen molar-refractivity contribution in [2.45, 2.75) is 20.0 Å². The fraction of sp³-hybridized carbons (Fsp3) is 0.500. The molecule has 0 aliphatic rings. The molecule has 0 aromatic rings. The molecule has 0 atom stereocenters. The maximum Gasteiger partial charge on any atom is 0.174 e. The highest BCUT2D eigenvalue weighted by Crippen LogP contribution is 2.10. The van der Waals surface area contributed by atoms with Crippen LogP contribution in [0.2, 0.25) is 13.1 Å². The molecular formula is C6H11ClOSi. The van der Waals surface area contributed by atoms with Crippen molar-refractivity contribution in [1.82, 2.24) is 0 Å². The van der Waals surface area contributed by atoms with Crippen LogP contribution < -0.4 is 0 Å². The Kier molecular flexibility index (Phi) is 3.15. The van der Waals surface area contributed by atoms with Gasteiger partial charge in [-0.15, -0.1) is 0 Å². The largest absolute Gasteiger partial charge is 0.298 e. The van der Waals surface area contributed by atoms with Gasteiger partial charge >= 0.3 is 0 Å². The highest BCUT2D eigenvalue weighted by molar-refractivity contribution is 7.22. The number of allylic oxidation sites excluding steroid dienone is 1. The lowest BCUT2D eigenvalue weighted by Crippen LogP contribution is -2.12. The summed E-state index contributed by atoms with van der Waals surface area (Å²) in [5.74, 6) is 0. The van der Waals surface area contributed by atoms with Crippen LogP contribution in [0.15, 0.2) is 11.3 Å². The van der Waals surface area contributed by atoms with E-state index in [2.05, 4.69) is 0 Å². The Balaban J connectivity index is 4.11. The number of rotatable bonds is 2. The number of hydrogen-bond donors (Lipinski definition) is 0. The first-order valence-corrected chi connectivity index (χ1v) is 6.88. The van der Waals surface area contributed by atoms with Crippen LogP contribution >= 0.6 is 11.1 Å². The Hall–Kier alpha value is -0.0831. The summed E-state index contributed by atoms with van der Waals surface area (Å²) >= 11 is 5.91. The molecule has 0 fully saturated rings. The summed E-state index contributed by atoms with van der Waals surface area (Å²) in [7, 11) is -1.66. The molecule has 0 aromatic heterocycles. The minimum Gasteiger partial charge on any atom is -0.298 e. The van der Waals surface area contributed by atoms with Crippen molar-refractivity contribution in [3.63, 3.8) is 0 Å². The Morgan fingerprint density at radius 1 is 1.56 bits per heavy atom. The zero-order chi connectivity index (χ0) is 7.49. The average molecular weight is 163 g/mol. The van der Waals surface area contributed by atoms with E-state index in [-0.39, 0.29) is 0 Å². The zero-order valence-electron chi connectivity index (χ0n) is 5.94. The van der Waals surface area contributed by atoms with Crippen LogP contribution in [0.3, 0.4) is 0 Å². The van der Waals surface area contributed by atoms with Gasteiger partial charge < -0.3 is 0 Å². The smallest absolute Gasteiger partial charge is 0.174 e. The van der Waals surface area contributed by atoms with Gasteiger partial charge in [-0.2, -0.15) is 11.1 Å². The maximum atomic E-state index is 10.1. The SMILES string of the molecule is CC(C=O)=C[Si](C)(C)Cl. The van der Waals surface area contributed by atoms with Crippen molar-refractivity contribution in [2.75, 3.05) is 0 Å². The van der Waals surface area contributed by atoms with Crippen LogP contribution in [0.4, 0.5) is 0 Å². The van der Waals surface area contributed by atoms with E-state index in [4.69, 9.17) is 11.1 Å². The maximum absolute atomic E-state index is 10.1. The van der Waals surface area contributed by atoms with Crippen molar-refractivity contribution in [1.29, 1.82) is 0 Å². The van der Waals surface area contributed by atoms with Crippen LogP contribution in [0.5, 0.6) is 0 Å². The molecule has 0 unspecified atom stereocenters. The third-order valence-corrected chi connectivity index (χ3v) is 2.23. The van der Waals surface area contributed by atoms with Crippen LogP contribution in [-0.2, 0) is 4.79 Å². The van der Waals surface area contributed by atoms with Gasteiger partial charge in [0.05, 0.1) is 0 Å². The molecule has 0 saturated carbocycles. The first-order valence-electron chi connectivity index (χ1n) is 2.79. The summed E-state index contributed by atoms with van der Waals surface area (Å²) in [5.41, 5.74) is 2.60. The van der Waals surface area contributed by atoms with E-state index < -0.39 is 7.38 Å². The van der Waals surface area contributed by atoms with Crippen molar-refractivity contribution in [2.24, 2.45) is 0 Å². The van der Waals surface area contributed by atoms with Crippen molar-refractivity contribution < 1.29 is 4.79 Å². The summed E-state index contributed by atoms with van der Waals surface area (Å²) in [4.78, 5) is 10.1. The second-order valence-electron chi connectivity index (χ2n) is 2.57. The van der Waals surface area contributed by atoms with E-state index in [1.165, 1.54) is 0 Å². The molecule has 0 spiro atoms. The fourth-order valence-corrected chi connectivity index (χ4v) is 2.24. The van der Waals surface area contributed by atoms with Gasteiger partial charge in [-0.3, -0.25) is 4.79 Å². The van der Waals surface area contributed by atoms with Gasteiger partial charge in [-0.25, -0.2) is 0 Å². The molecular weight excluding hydrogens is 152 g/mol. The number of carbonyl (C=O) groups is 1.